The SMILES string of the molecule is CCC(Sc1ccc(Cl)cc1)C(=O)NCCCc1ccccc1. The van der Waals surface area contributed by atoms with E-state index in [1.165, 1.54) is 5.56 Å². The van der Waals surface area contributed by atoms with Crippen LogP contribution >= 0.6 is 23.4 Å². The topological polar surface area (TPSA) is 29.1 Å². The average molecular weight is 348 g/mol. The summed E-state index contributed by atoms with van der Waals surface area (Å²) in [4.78, 5) is 13.4. The zero-order valence-corrected chi connectivity index (χ0v) is 14.9. The molecule has 2 rings (SSSR count). The first-order chi connectivity index (χ1) is 11.2. The first kappa shape index (κ1) is 17.9. The molecule has 0 radical (unpaired) electrons. The monoisotopic (exact) mass is 347 g/mol. The van der Waals surface area contributed by atoms with Gasteiger partial charge in [-0.1, -0.05) is 48.9 Å². The van der Waals surface area contributed by atoms with Gasteiger partial charge in [0.1, 0.15) is 0 Å². The van der Waals surface area contributed by atoms with Crippen molar-refractivity contribution < 1.29 is 4.79 Å². The summed E-state index contributed by atoms with van der Waals surface area (Å²) in [7, 11) is 0. The summed E-state index contributed by atoms with van der Waals surface area (Å²) in [6, 6.07) is 18.0. The van der Waals surface area contributed by atoms with Gasteiger partial charge in [-0.15, -0.1) is 11.8 Å². The molecule has 0 saturated carbocycles. The summed E-state index contributed by atoms with van der Waals surface area (Å²) in [5.74, 6) is 0.112. The first-order valence-electron chi connectivity index (χ1n) is 7.93. The number of rotatable bonds is 8. The third kappa shape index (κ3) is 6.28. The number of benzene rings is 2. The third-order valence-corrected chi connectivity index (χ3v) is 5.17. The number of hydrogen-bond donors (Lipinski definition) is 1. The van der Waals surface area contributed by atoms with Crippen LogP contribution in [0.3, 0.4) is 0 Å². The van der Waals surface area contributed by atoms with E-state index in [0.29, 0.717) is 11.6 Å². The van der Waals surface area contributed by atoms with Gasteiger partial charge in [0.15, 0.2) is 0 Å². The van der Waals surface area contributed by atoms with Gasteiger partial charge < -0.3 is 5.32 Å². The lowest BCUT2D eigenvalue weighted by molar-refractivity contribution is -0.120. The van der Waals surface area contributed by atoms with Crippen molar-refractivity contribution in [2.45, 2.75) is 36.3 Å². The van der Waals surface area contributed by atoms with Gasteiger partial charge in [0, 0.05) is 16.5 Å². The second kappa shape index (κ2) is 9.64. The normalized spacial score (nSPS) is 11.9. The molecule has 2 nitrogen and oxygen atoms in total. The molecule has 1 atom stereocenters. The Morgan fingerprint density at radius 2 is 1.83 bits per heavy atom. The molecule has 23 heavy (non-hydrogen) atoms. The van der Waals surface area contributed by atoms with E-state index < -0.39 is 0 Å². The molecule has 0 bridgehead atoms. The van der Waals surface area contributed by atoms with E-state index in [9.17, 15) is 4.79 Å². The minimum atomic E-state index is -0.0621. The van der Waals surface area contributed by atoms with Crippen LogP contribution in [0.1, 0.15) is 25.3 Å². The Morgan fingerprint density at radius 3 is 2.48 bits per heavy atom. The molecule has 2 aromatic carbocycles. The molecule has 0 heterocycles. The lowest BCUT2D eigenvalue weighted by atomic mass is 10.1. The smallest absolute Gasteiger partial charge is 0.233 e. The van der Waals surface area contributed by atoms with Crippen molar-refractivity contribution in [3.05, 3.63) is 65.2 Å². The fourth-order valence-corrected chi connectivity index (χ4v) is 3.37. The van der Waals surface area contributed by atoms with E-state index in [1.807, 2.05) is 49.4 Å². The van der Waals surface area contributed by atoms with E-state index in [4.69, 9.17) is 11.6 Å². The largest absolute Gasteiger partial charge is 0.355 e. The van der Waals surface area contributed by atoms with Crippen LogP contribution < -0.4 is 5.32 Å². The van der Waals surface area contributed by atoms with Crippen molar-refractivity contribution >= 4 is 29.3 Å². The number of carbonyl (C=O) groups excluding carboxylic acids is 1. The van der Waals surface area contributed by atoms with Crippen LogP contribution in [-0.4, -0.2) is 17.7 Å². The zero-order valence-electron chi connectivity index (χ0n) is 13.3. The molecular formula is C19H22ClNOS. The van der Waals surface area contributed by atoms with Gasteiger partial charge >= 0.3 is 0 Å². The van der Waals surface area contributed by atoms with E-state index >= 15 is 0 Å². The summed E-state index contributed by atoms with van der Waals surface area (Å²) >= 11 is 7.48. The van der Waals surface area contributed by atoms with Crippen molar-refractivity contribution in [1.82, 2.24) is 5.32 Å². The quantitative estimate of drug-likeness (QED) is 0.540. The molecule has 0 aliphatic heterocycles. The molecule has 1 N–H and O–H groups in total. The first-order valence-corrected chi connectivity index (χ1v) is 9.18. The maximum absolute atomic E-state index is 12.3. The molecule has 1 unspecified atom stereocenters. The van der Waals surface area contributed by atoms with Crippen molar-refractivity contribution in [2.75, 3.05) is 6.54 Å². The highest BCUT2D eigenvalue weighted by Crippen LogP contribution is 2.26. The number of halogens is 1. The predicted octanol–water partition coefficient (Wildman–Crippen LogP) is 4.96. The van der Waals surface area contributed by atoms with Crippen LogP contribution in [0.4, 0.5) is 0 Å². The lowest BCUT2D eigenvalue weighted by Gasteiger charge is -2.14. The van der Waals surface area contributed by atoms with Crippen molar-refractivity contribution in [3.8, 4) is 0 Å². The van der Waals surface area contributed by atoms with E-state index in [0.717, 1.165) is 24.2 Å². The van der Waals surface area contributed by atoms with Gasteiger partial charge in [-0.25, -0.2) is 0 Å². The second-order valence-electron chi connectivity index (χ2n) is 5.35. The number of hydrogen-bond acceptors (Lipinski definition) is 2. The van der Waals surface area contributed by atoms with Crippen LogP contribution in [0.5, 0.6) is 0 Å². The molecule has 122 valence electrons. The van der Waals surface area contributed by atoms with Crippen molar-refractivity contribution in [2.24, 2.45) is 0 Å². The van der Waals surface area contributed by atoms with Crippen LogP contribution in [-0.2, 0) is 11.2 Å². The van der Waals surface area contributed by atoms with Crippen molar-refractivity contribution in [1.29, 1.82) is 0 Å². The third-order valence-electron chi connectivity index (χ3n) is 3.54. The summed E-state index contributed by atoms with van der Waals surface area (Å²) in [5.41, 5.74) is 1.31. The van der Waals surface area contributed by atoms with Crippen LogP contribution in [0, 0.1) is 0 Å². The average Bonchev–Trinajstić information content (AvgIpc) is 2.59. The molecule has 2 aromatic rings. The highest BCUT2D eigenvalue weighted by molar-refractivity contribution is 8.00. The molecule has 4 heteroatoms. The molecule has 0 saturated heterocycles. The number of carbonyl (C=O) groups is 1. The highest BCUT2D eigenvalue weighted by atomic mass is 35.5. The standard InChI is InChI=1S/C19H22ClNOS/c1-2-18(23-17-12-10-16(20)11-13-17)19(22)21-14-6-9-15-7-4-3-5-8-15/h3-5,7-8,10-13,18H,2,6,9,14H2,1H3,(H,21,22). The lowest BCUT2D eigenvalue weighted by Crippen LogP contribution is -2.33. The molecule has 0 aliphatic rings. The zero-order chi connectivity index (χ0) is 16.5. The van der Waals surface area contributed by atoms with Crippen LogP contribution in [0.25, 0.3) is 0 Å². The number of nitrogens with one attached hydrogen (secondary N) is 1. The summed E-state index contributed by atoms with van der Waals surface area (Å²) in [5, 5.41) is 3.70. The molecule has 0 spiro atoms. The Labute approximate surface area is 147 Å². The Bertz CT molecular complexity index is 601. The Balaban J connectivity index is 1.75. The van der Waals surface area contributed by atoms with Gasteiger partial charge in [-0.3, -0.25) is 4.79 Å². The van der Waals surface area contributed by atoms with Gasteiger partial charge in [-0.2, -0.15) is 0 Å². The highest BCUT2D eigenvalue weighted by Gasteiger charge is 2.17. The minimum absolute atomic E-state index is 0.0621. The van der Waals surface area contributed by atoms with E-state index in [1.54, 1.807) is 11.8 Å². The van der Waals surface area contributed by atoms with E-state index in [2.05, 4.69) is 17.4 Å². The van der Waals surface area contributed by atoms with Crippen LogP contribution in [0.2, 0.25) is 5.02 Å². The number of thioether (sulfide) groups is 1. The van der Waals surface area contributed by atoms with Gasteiger partial charge in [0.2, 0.25) is 5.91 Å². The molecule has 1 amide bonds. The summed E-state index contributed by atoms with van der Waals surface area (Å²) in [6.07, 6.45) is 2.75. The Hall–Kier alpha value is -1.45. The van der Waals surface area contributed by atoms with E-state index in [-0.39, 0.29) is 11.2 Å². The maximum atomic E-state index is 12.3. The fraction of sp³-hybridized carbons (Fsp3) is 0.316. The summed E-state index contributed by atoms with van der Waals surface area (Å²) in [6.45, 7) is 2.75. The van der Waals surface area contributed by atoms with Gasteiger partial charge in [-0.05, 0) is 49.1 Å². The molecule has 0 aliphatic carbocycles. The molecular weight excluding hydrogens is 326 g/mol. The fourth-order valence-electron chi connectivity index (χ4n) is 2.26. The van der Waals surface area contributed by atoms with Gasteiger partial charge in [0.05, 0.1) is 5.25 Å². The van der Waals surface area contributed by atoms with Gasteiger partial charge in [0.25, 0.3) is 0 Å². The minimum Gasteiger partial charge on any atom is -0.355 e. The molecule has 0 aromatic heterocycles. The predicted molar refractivity (Wildman–Crippen MR) is 99.2 cm³/mol. The maximum Gasteiger partial charge on any atom is 0.233 e. The van der Waals surface area contributed by atoms with Crippen LogP contribution in [0.15, 0.2) is 59.5 Å². The molecule has 0 fully saturated rings. The number of amides is 1. The summed E-state index contributed by atoms with van der Waals surface area (Å²) < 4.78 is 0. The Morgan fingerprint density at radius 1 is 1.13 bits per heavy atom. The Kier molecular flexibility index (Phi) is 7.50. The van der Waals surface area contributed by atoms with Crippen molar-refractivity contribution in [3.63, 3.8) is 0 Å². The number of aryl methyl sites for hydroxylation is 1. The second-order valence-corrected chi connectivity index (χ2v) is 7.06.